The highest BCUT2D eigenvalue weighted by Gasteiger charge is 2.29. The molecule has 0 aliphatic carbocycles. The van der Waals surface area contributed by atoms with E-state index in [0.29, 0.717) is 11.3 Å². The van der Waals surface area contributed by atoms with Gasteiger partial charge in [0.1, 0.15) is 33.3 Å². The molecule has 0 bridgehead atoms. The quantitative estimate of drug-likeness (QED) is 0.532. The van der Waals surface area contributed by atoms with Crippen LogP contribution in [0.5, 0.6) is 11.5 Å². The first-order chi connectivity index (χ1) is 13.1. The number of benzene rings is 1. The second-order valence-electron chi connectivity index (χ2n) is 7.18. The van der Waals surface area contributed by atoms with Gasteiger partial charge < -0.3 is 19.5 Å². The van der Waals surface area contributed by atoms with Crippen molar-refractivity contribution in [2.75, 3.05) is 7.11 Å². The maximum Gasteiger partial charge on any atom is 0.266 e. The number of aliphatic hydroxyl groups excluding tert-OH is 1. The number of aromatic hydroxyl groups is 1. The van der Waals surface area contributed by atoms with Gasteiger partial charge in [0.05, 0.1) is 19.8 Å². The molecule has 2 rings (SSSR count). The van der Waals surface area contributed by atoms with E-state index in [1.54, 1.807) is 32.9 Å². The molecule has 1 heterocycles. The van der Waals surface area contributed by atoms with Crippen molar-refractivity contribution in [1.82, 2.24) is 9.78 Å². The van der Waals surface area contributed by atoms with Crippen LogP contribution in [-0.4, -0.2) is 48.2 Å². The van der Waals surface area contributed by atoms with E-state index in [-0.39, 0.29) is 30.0 Å². The van der Waals surface area contributed by atoms with Crippen LogP contribution < -0.4 is 10.3 Å². The minimum absolute atomic E-state index is 0.0231. The summed E-state index contributed by atoms with van der Waals surface area (Å²) < 4.78 is 22.4. The lowest BCUT2D eigenvalue weighted by Gasteiger charge is -2.21. The van der Waals surface area contributed by atoms with Crippen molar-refractivity contribution in [3.8, 4) is 11.5 Å². The predicted molar refractivity (Wildman–Crippen MR) is 108 cm³/mol. The molecule has 0 fully saturated rings. The van der Waals surface area contributed by atoms with E-state index in [1.807, 2.05) is 0 Å². The lowest BCUT2D eigenvalue weighted by Crippen LogP contribution is -2.31. The fraction of sp³-hybridized carbons (Fsp3) is 0.421. The Bertz CT molecular complexity index is 892. The summed E-state index contributed by atoms with van der Waals surface area (Å²) in [4.78, 5) is 11.8. The van der Waals surface area contributed by atoms with E-state index in [1.165, 1.54) is 31.5 Å². The highest BCUT2D eigenvalue weighted by Crippen LogP contribution is 2.27. The molecule has 0 saturated carbocycles. The Hall–Kier alpha value is -2.36. The molecule has 0 aliphatic heterocycles. The Morgan fingerprint density at radius 3 is 2.68 bits per heavy atom. The average Bonchev–Trinajstić information content (AvgIpc) is 2.62. The number of ether oxygens (including phenoxy) is 1. The number of rotatable bonds is 7. The summed E-state index contributed by atoms with van der Waals surface area (Å²) in [5.41, 5.74) is 0.265. The Morgan fingerprint density at radius 2 is 2.11 bits per heavy atom. The third-order valence-electron chi connectivity index (χ3n) is 3.83. The van der Waals surface area contributed by atoms with E-state index < -0.39 is 22.2 Å². The molecule has 0 radical (unpaired) electrons. The van der Waals surface area contributed by atoms with Gasteiger partial charge >= 0.3 is 0 Å². The van der Waals surface area contributed by atoms with Gasteiger partial charge in [0.25, 0.3) is 5.56 Å². The number of phenolic OH excluding ortho intramolecular Hbond substituents is 1. The van der Waals surface area contributed by atoms with E-state index >= 15 is 0 Å². The van der Waals surface area contributed by atoms with Crippen molar-refractivity contribution in [2.45, 2.75) is 44.6 Å². The molecule has 2 atom stereocenters. The highest BCUT2D eigenvalue weighted by molar-refractivity contribution is 7.91. The van der Waals surface area contributed by atoms with Gasteiger partial charge in [-0.05, 0) is 39.0 Å². The summed E-state index contributed by atoms with van der Waals surface area (Å²) in [5, 5.41) is 24.7. The summed E-state index contributed by atoms with van der Waals surface area (Å²) >= 11 is -1.60. The van der Waals surface area contributed by atoms with Crippen LogP contribution in [-0.2, 0) is 17.9 Å². The summed E-state index contributed by atoms with van der Waals surface area (Å²) in [6.07, 6.45) is 0.405. The molecule has 1 aromatic heterocycles. The molecular formula is C19H25N3O5S. The van der Waals surface area contributed by atoms with Gasteiger partial charge in [-0.2, -0.15) is 5.10 Å². The van der Waals surface area contributed by atoms with Gasteiger partial charge in [-0.15, -0.1) is 0 Å². The third-order valence-corrected chi connectivity index (χ3v) is 5.26. The van der Waals surface area contributed by atoms with Crippen LogP contribution in [0.15, 0.2) is 45.7 Å². The van der Waals surface area contributed by atoms with E-state index in [2.05, 4.69) is 9.50 Å². The number of aromatic nitrogens is 2. The largest absolute Gasteiger partial charge is 0.591 e. The molecule has 2 N–H and O–H groups in total. The molecule has 0 aliphatic rings. The fourth-order valence-electron chi connectivity index (χ4n) is 2.33. The Labute approximate surface area is 166 Å². The summed E-state index contributed by atoms with van der Waals surface area (Å²) in [5.74, 6) is 0.351. The van der Waals surface area contributed by atoms with Crippen molar-refractivity contribution >= 4 is 17.1 Å². The topological polar surface area (TPSA) is 120 Å². The van der Waals surface area contributed by atoms with Crippen LogP contribution in [0.1, 0.15) is 32.8 Å². The van der Waals surface area contributed by atoms with Gasteiger partial charge in [0.15, 0.2) is 0 Å². The Kier molecular flexibility index (Phi) is 7.22. The number of methoxy groups -OCH3 is 1. The normalized spacial score (nSPS) is 14.6. The second-order valence-corrected chi connectivity index (χ2v) is 9.09. The number of hydrogen-bond acceptors (Lipinski definition) is 7. The summed E-state index contributed by atoms with van der Waals surface area (Å²) in [6, 6.07) is 7.51. The number of hydrogen-bond donors (Lipinski definition) is 2. The van der Waals surface area contributed by atoms with Crippen molar-refractivity contribution in [2.24, 2.45) is 4.40 Å². The van der Waals surface area contributed by atoms with Gasteiger partial charge in [-0.25, -0.2) is 4.68 Å². The van der Waals surface area contributed by atoms with E-state index in [0.717, 1.165) is 4.68 Å². The zero-order valence-electron chi connectivity index (χ0n) is 16.3. The van der Waals surface area contributed by atoms with Gasteiger partial charge in [-0.3, -0.25) is 4.79 Å². The first-order valence-electron chi connectivity index (χ1n) is 8.69. The van der Waals surface area contributed by atoms with Crippen molar-refractivity contribution in [3.05, 3.63) is 52.4 Å². The molecule has 0 amide bonds. The zero-order chi connectivity index (χ0) is 20.9. The van der Waals surface area contributed by atoms with Crippen LogP contribution >= 0.6 is 0 Å². The van der Waals surface area contributed by atoms with Crippen LogP contribution in [0.3, 0.4) is 0 Å². The second kappa shape index (κ2) is 9.22. The van der Waals surface area contributed by atoms with Crippen molar-refractivity contribution < 1.29 is 19.5 Å². The predicted octanol–water partition coefficient (Wildman–Crippen LogP) is 1.66. The number of nitrogens with zero attached hydrogens (tertiary/aromatic N) is 3. The fourth-order valence-corrected chi connectivity index (χ4v) is 2.97. The first kappa shape index (κ1) is 21.9. The molecule has 1 aromatic carbocycles. The molecule has 2 unspecified atom stereocenters. The zero-order valence-corrected chi connectivity index (χ0v) is 17.1. The molecular weight excluding hydrogens is 382 g/mol. The minimum Gasteiger partial charge on any atom is -0.591 e. The molecule has 0 spiro atoms. The SMILES string of the molecule is COc1ccc(C(CC(O)Cn2ncccc2=O)=N[S+]([O-])C(C)(C)C)c(O)c1. The van der Waals surface area contributed by atoms with Crippen LogP contribution in [0.4, 0.5) is 0 Å². The van der Waals surface area contributed by atoms with Gasteiger partial charge in [0.2, 0.25) is 0 Å². The van der Waals surface area contributed by atoms with Gasteiger partial charge in [-0.1, -0.05) is 4.40 Å². The first-order valence-corrected chi connectivity index (χ1v) is 9.79. The molecule has 2 aromatic rings. The smallest absolute Gasteiger partial charge is 0.266 e. The van der Waals surface area contributed by atoms with Crippen LogP contribution in [0.2, 0.25) is 0 Å². The number of phenols is 1. The molecule has 28 heavy (non-hydrogen) atoms. The van der Waals surface area contributed by atoms with Crippen molar-refractivity contribution in [3.63, 3.8) is 0 Å². The lowest BCUT2D eigenvalue weighted by atomic mass is 10.0. The lowest BCUT2D eigenvalue weighted by molar-refractivity contribution is 0.154. The van der Waals surface area contributed by atoms with Crippen molar-refractivity contribution in [1.29, 1.82) is 0 Å². The Morgan fingerprint density at radius 1 is 1.39 bits per heavy atom. The van der Waals surface area contributed by atoms with Gasteiger partial charge in [0, 0.05) is 30.3 Å². The standard InChI is InChI=1S/C19H25N3O5S/c1-19(2,3)28(26)21-16(15-8-7-14(27-4)11-17(15)24)10-13(23)12-22-18(25)6-5-9-20-22/h5-9,11,13,23-24H,10,12H2,1-4H3. The minimum atomic E-state index is -1.60. The monoisotopic (exact) mass is 407 g/mol. The van der Waals surface area contributed by atoms with E-state index in [4.69, 9.17) is 4.74 Å². The average molecular weight is 407 g/mol. The molecule has 9 heteroatoms. The summed E-state index contributed by atoms with van der Waals surface area (Å²) in [6.45, 7) is 5.28. The molecule has 0 saturated heterocycles. The highest BCUT2D eigenvalue weighted by atomic mass is 32.2. The maximum absolute atomic E-state index is 12.5. The molecule has 152 valence electrons. The maximum atomic E-state index is 12.5. The van der Waals surface area contributed by atoms with Crippen LogP contribution in [0.25, 0.3) is 0 Å². The summed E-state index contributed by atoms with van der Waals surface area (Å²) in [7, 11) is 1.48. The number of aliphatic hydroxyl groups is 1. The Balaban J connectivity index is 2.34. The van der Waals surface area contributed by atoms with E-state index in [9.17, 15) is 19.6 Å². The van der Waals surface area contributed by atoms with Crippen LogP contribution in [0, 0.1) is 0 Å². The third kappa shape index (κ3) is 5.82. The molecule has 8 nitrogen and oxygen atoms in total.